The average Bonchev–Trinajstić information content (AvgIpc) is 1.81. The fourth-order valence-corrected chi connectivity index (χ4v) is 11.5. The number of carbonyl (C=O) groups excluding carboxylic acids is 11. The zero-order valence-corrected chi connectivity index (χ0v) is 57.8. The van der Waals surface area contributed by atoms with Gasteiger partial charge in [0.2, 0.25) is 65.0 Å². The Morgan fingerprint density at radius 2 is 0.980 bits per heavy atom. The van der Waals surface area contributed by atoms with Crippen molar-refractivity contribution in [2.24, 2.45) is 44.6 Å². The Kier molecular flexibility index (Phi) is 31.2. The second-order valence-electron chi connectivity index (χ2n) is 25.2. The molecule has 1 saturated heterocycles. The van der Waals surface area contributed by atoms with Crippen LogP contribution in [0.25, 0.3) is 10.8 Å². The molecule has 30 nitrogen and oxygen atoms in total. The van der Waals surface area contributed by atoms with Gasteiger partial charge in [0.15, 0.2) is 11.9 Å². The van der Waals surface area contributed by atoms with Crippen molar-refractivity contribution in [1.29, 1.82) is 0 Å². The molecule has 20 N–H and O–H groups in total. The summed E-state index contributed by atoms with van der Waals surface area (Å²) < 4.78 is 0. The molecule has 10 atom stereocenters. The van der Waals surface area contributed by atoms with E-state index in [-0.39, 0.29) is 102 Å². The first kappa shape index (κ1) is 79.2. The first-order valence-electron chi connectivity index (χ1n) is 33.3. The summed E-state index contributed by atoms with van der Waals surface area (Å²) in [5.74, 6) is -9.49. The minimum Gasteiger partial charge on any atom is -0.394 e. The molecule has 0 saturated carbocycles. The van der Waals surface area contributed by atoms with Gasteiger partial charge < -0.3 is 86.5 Å². The molecule has 0 aliphatic carbocycles. The number of halogens is 1. The van der Waals surface area contributed by atoms with Crippen LogP contribution in [0.4, 0.5) is 0 Å². The monoisotopic (exact) mass is 1410 g/mol. The fourth-order valence-electron chi connectivity index (χ4n) is 11.4. The molecular formula is C70H93ClN18O12. The van der Waals surface area contributed by atoms with Crippen LogP contribution >= 0.6 is 11.6 Å². The first-order valence-corrected chi connectivity index (χ1v) is 33.7. The van der Waals surface area contributed by atoms with Crippen LogP contribution in [0.15, 0.2) is 132 Å². The molecule has 542 valence electrons. The highest BCUT2D eigenvalue weighted by atomic mass is 35.5. The average molecular weight is 1410 g/mol. The highest BCUT2D eigenvalue weighted by molar-refractivity contribution is 6.30. The van der Waals surface area contributed by atoms with Crippen LogP contribution in [-0.2, 0) is 78.4 Å². The summed E-state index contributed by atoms with van der Waals surface area (Å²) >= 11 is 6.23. The number of amides is 11. The standard InChI is InChI=1S/C70H93ClN18O12/c1-40(2)32-52(61(94)83-51(20-12-30-79-70(75)76)68(101)89-31-13-21-58(89)67(100)80-41(3)59(72)92)84-64(97)56(37-46-16-10-28-77-38-46)85-60(93)50(19-11-29-78-69(73)74)82-66(99)57(39-90)88-65(98)54(34-43-14-6-5-7-15-43)87-63(96)55(35-44-23-26-49(71)27-24-44)86-62(95)53(81-42(4)91)36-45-22-25-47-17-8-9-18-48(47)33-45/h5-10,14-18,22-28,33,38,40-41,50-58,90H,11-13,19-21,29-32,34-37,39H2,1-4H3,(H2,72,92)(H,80,100)(H,81,91)(H,82,99)(H,83,94)(H,84,97)(H,85,93)(H,86,95)(H,87,96)(H,88,98)(H4,73,74,78)(H4,75,76,79)/t41-,50?,51?,52?,53?,54?,55?,56?,57?,58+/m1/s1. The number of rotatable bonds is 38. The van der Waals surface area contributed by atoms with Gasteiger partial charge in [-0.1, -0.05) is 116 Å². The van der Waals surface area contributed by atoms with Gasteiger partial charge >= 0.3 is 0 Å². The maximum atomic E-state index is 14.8. The molecule has 0 bridgehead atoms. The number of hydrogen-bond donors (Lipinski definition) is 15. The molecule has 1 fully saturated rings. The number of nitrogens with one attached hydrogen (secondary N) is 9. The number of nitrogens with two attached hydrogens (primary N) is 5. The molecule has 1 aliphatic rings. The fraction of sp³-hybridized carbons (Fsp3) is 0.429. The molecular weight excluding hydrogens is 1320 g/mol. The lowest BCUT2D eigenvalue weighted by atomic mass is 9.99. The van der Waals surface area contributed by atoms with Crippen molar-refractivity contribution < 1.29 is 57.8 Å². The van der Waals surface area contributed by atoms with Gasteiger partial charge in [0.05, 0.1) is 6.61 Å². The molecule has 1 aromatic heterocycles. The summed E-state index contributed by atoms with van der Waals surface area (Å²) in [7, 11) is 0. The molecule has 31 heteroatoms. The summed E-state index contributed by atoms with van der Waals surface area (Å²) in [4.78, 5) is 168. The molecule has 0 spiro atoms. The molecule has 8 unspecified atom stereocenters. The highest BCUT2D eigenvalue weighted by Gasteiger charge is 2.40. The number of guanidine groups is 2. The van der Waals surface area contributed by atoms with Crippen LogP contribution in [0, 0.1) is 5.92 Å². The lowest BCUT2D eigenvalue weighted by Gasteiger charge is -2.31. The predicted molar refractivity (Wildman–Crippen MR) is 380 cm³/mol. The van der Waals surface area contributed by atoms with Gasteiger partial charge in [-0.2, -0.15) is 0 Å². The quantitative estimate of drug-likeness (QED) is 0.0130. The number of nitrogens with zero attached hydrogens (tertiary/aromatic N) is 4. The van der Waals surface area contributed by atoms with Crippen LogP contribution in [0.3, 0.4) is 0 Å². The maximum Gasteiger partial charge on any atom is 0.245 e. The molecule has 5 aromatic rings. The molecule has 11 amide bonds. The van der Waals surface area contributed by atoms with E-state index in [9.17, 15) is 57.8 Å². The lowest BCUT2D eigenvalue weighted by Crippen LogP contribution is -2.61. The Morgan fingerprint density at radius 1 is 0.525 bits per heavy atom. The third-order valence-corrected chi connectivity index (χ3v) is 16.8. The zero-order valence-electron chi connectivity index (χ0n) is 57.0. The Morgan fingerprint density at radius 3 is 1.52 bits per heavy atom. The summed E-state index contributed by atoms with van der Waals surface area (Å²) in [6.07, 6.45) is 3.20. The predicted octanol–water partition coefficient (Wildman–Crippen LogP) is -0.816. The van der Waals surface area contributed by atoms with Crippen LogP contribution in [0.5, 0.6) is 0 Å². The van der Waals surface area contributed by atoms with E-state index in [0.717, 1.165) is 10.8 Å². The van der Waals surface area contributed by atoms with E-state index in [0.29, 0.717) is 33.7 Å². The van der Waals surface area contributed by atoms with E-state index in [2.05, 4.69) is 62.8 Å². The van der Waals surface area contributed by atoms with Crippen molar-refractivity contribution in [2.45, 2.75) is 159 Å². The number of primary amides is 1. The second-order valence-corrected chi connectivity index (χ2v) is 25.6. The molecule has 1 aliphatic heterocycles. The van der Waals surface area contributed by atoms with E-state index >= 15 is 0 Å². The second kappa shape index (κ2) is 39.7. The summed E-state index contributed by atoms with van der Waals surface area (Å²) in [5.41, 5.74) is 30.1. The largest absolute Gasteiger partial charge is 0.394 e. The number of pyridine rings is 1. The SMILES string of the molecule is CC(=O)NC(Cc1ccc2ccccc2c1)C(=O)NC(Cc1ccc(Cl)cc1)C(=O)NC(Cc1ccccc1)C(=O)NC(CO)C(=O)NC(CCCN=C(N)N)C(=O)NC(Cc1cccnc1)C(=O)NC(CC(C)C)C(=O)NC(CCCN=C(N)N)C(=O)N1CCC[C@H]1C(=O)N[C@H](C)C(N)=O. The third-order valence-electron chi connectivity index (χ3n) is 16.6. The van der Waals surface area contributed by atoms with Gasteiger partial charge in [-0.3, -0.25) is 67.7 Å². The van der Waals surface area contributed by atoms with Gasteiger partial charge in [-0.25, -0.2) is 0 Å². The first-order chi connectivity index (χ1) is 48.2. The third kappa shape index (κ3) is 26.1. The van der Waals surface area contributed by atoms with Crippen molar-refractivity contribution in [3.05, 3.63) is 149 Å². The van der Waals surface area contributed by atoms with E-state index in [1.54, 1.807) is 80.6 Å². The number of hydrogen-bond acceptors (Lipinski definition) is 15. The minimum absolute atomic E-state index is 0.0148. The summed E-state index contributed by atoms with van der Waals surface area (Å²) in [6, 6.07) is 18.0. The van der Waals surface area contributed by atoms with Crippen LogP contribution < -0.4 is 76.5 Å². The number of benzene rings is 4. The van der Waals surface area contributed by atoms with Crippen molar-refractivity contribution in [1.82, 2.24) is 57.7 Å². The van der Waals surface area contributed by atoms with Gasteiger partial charge in [-0.05, 0) is 109 Å². The summed E-state index contributed by atoms with van der Waals surface area (Å²) in [5, 5.41) is 37.3. The number of likely N-dealkylation sites (tertiary alicyclic amines) is 1. The van der Waals surface area contributed by atoms with Gasteiger partial charge in [0.1, 0.15) is 60.4 Å². The van der Waals surface area contributed by atoms with Gasteiger partial charge in [0.25, 0.3) is 0 Å². The number of fused-ring (bicyclic) bond motifs is 1. The zero-order chi connectivity index (χ0) is 73.7. The van der Waals surface area contributed by atoms with Crippen LogP contribution in [-0.4, -0.2) is 179 Å². The van der Waals surface area contributed by atoms with Crippen molar-refractivity contribution in [3.8, 4) is 0 Å². The lowest BCUT2D eigenvalue weighted by molar-refractivity contribution is -0.142. The van der Waals surface area contributed by atoms with Gasteiger partial charge in [-0.15, -0.1) is 0 Å². The maximum absolute atomic E-state index is 14.8. The molecule has 2 heterocycles. The molecule has 4 aromatic carbocycles. The van der Waals surface area contributed by atoms with E-state index in [1.165, 1.54) is 31.1 Å². The number of aliphatic hydroxyl groups is 1. The Balaban J connectivity index is 1.25. The molecule has 101 heavy (non-hydrogen) atoms. The molecule has 6 rings (SSSR count). The number of aromatic nitrogens is 1. The Bertz CT molecular complexity index is 3730. The van der Waals surface area contributed by atoms with E-state index in [1.807, 2.05) is 42.5 Å². The van der Waals surface area contributed by atoms with Crippen molar-refractivity contribution in [2.75, 3.05) is 26.2 Å². The van der Waals surface area contributed by atoms with E-state index < -0.39 is 132 Å². The van der Waals surface area contributed by atoms with Crippen LogP contribution in [0.1, 0.15) is 94.9 Å². The number of carbonyl (C=O) groups is 11. The van der Waals surface area contributed by atoms with Crippen LogP contribution in [0.2, 0.25) is 5.02 Å². The Labute approximate surface area is 590 Å². The van der Waals surface area contributed by atoms with Gasteiger partial charge in [0, 0.05) is 69.7 Å². The number of aliphatic imine (C=N–C) groups is 2. The number of aliphatic hydroxyl groups excluding tert-OH is 1. The highest BCUT2D eigenvalue weighted by Crippen LogP contribution is 2.22. The summed E-state index contributed by atoms with van der Waals surface area (Å²) in [6.45, 7) is 5.38. The normalized spacial score (nSPS) is 15.2. The van der Waals surface area contributed by atoms with Crippen molar-refractivity contribution >= 4 is 99.3 Å². The minimum atomic E-state index is -1.80. The Hall–Kier alpha value is -10.7. The topological polar surface area (TPSA) is 487 Å². The van der Waals surface area contributed by atoms with E-state index in [4.69, 9.17) is 40.3 Å². The molecule has 0 radical (unpaired) electrons. The smallest absolute Gasteiger partial charge is 0.245 e. The van der Waals surface area contributed by atoms with Crippen molar-refractivity contribution in [3.63, 3.8) is 0 Å².